The maximum Gasteiger partial charge on any atom is 0.253 e. The highest BCUT2D eigenvalue weighted by Gasteiger charge is 2.44. The number of amides is 1. The molecule has 0 spiro atoms. The summed E-state index contributed by atoms with van der Waals surface area (Å²) in [6, 6.07) is 6.58. The topological polar surface area (TPSA) is 42.0 Å². The molecule has 1 aromatic rings. The average Bonchev–Trinajstić information content (AvgIpc) is 3.21. The summed E-state index contributed by atoms with van der Waals surface area (Å²) in [6.07, 6.45) is 4.81. The third-order valence-electron chi connectivity index (χ3n) is 6.35. The number of ether oxygens (including phenoxy) is 2. The van der Waals surface area contributed by atoms with E-state index >= 15 is 0 Å². The van der Waals surface area contributed by atoms with Gasteiger partial charge in [0.15, 0.2) is 11.5 Å². The molecule has 0 radical (unpaired) electrons. The summed E-state index contributed by atoms with van der Waals surface area (Å²) in [4.78, 5) is 17.4. The predicted octanol–water partition coefficient (Wildman–Crippen LogP) is 3.67. The monoisotopic (exact) mass is 374 g/mol. The van der Waals surface area contributed by atoms with Crippen molar-refractivity contribution >= 4 is 5.91 Å². The minimum Gasteiger partial charge on any atom is -0.490 e. The Kier molecular flexibility index (Phi) is 6.30. The second kappa shape index (κ2) is 8.51. The molecule has 4 atom stereocenters. The van der Waals surface area contributed by atoms with Gasteiger partial charge in [-0.2, -0.15) is 0 Å². The van der Waals surface area contributed by atoms with Crippen LogP contribution >= 0.6 is 0 Å². The summed E-state index contributed by atoms with van der Waals surface area (Å²) in [5.74, 6) is 2.95. The van der Waals surface area contributed by atoms with E-state index in [2.05, 4.69) is 19.0 Å². The van der Waals surface area contributed by atoms with Gasteiger partial charge in [-0.15, -0.1) is 0 Å². The standard InChI is InChI=1S/C22H34N2O3/c1-6-26-20-9-8-15(14-21(20)27-7-2)22(25)24(5)19-12-16-10-18(23(3)4)11-17(16)13-19/h8-9,14,16-19H,6-7,10-13H2,1-5H3/t16-,17+,18?,19?. The SMILES string of the molecule is CCOc1ccc(C(=O)N(C)C2C[C@H]3CC(N(C)C)C[C@H]3C2)cc1OCC. The third-order valence-corrected chi connectivity index (χ3v) is 6.35. The van der Waals surface area contributed by atoms with Gasteiger partial charge in [0, 0.05) is 24.7 Å². The maximum atomic E-state index is 13.1. The first-order valence-corrected chi connectivity index (χ1v) is 10.3. The summed E-state index contributed by atoms with van der Waals surface area (Å²) < 4.78 is 11.3. The Morgan fingerprint density at radius 1 is 0.926 bits per heavy atom. The van der Waals surface area contributed by atoms with Crippen LogP contribution in [0.3, 0.4) is 0 Å². The summed E-state index contributed by atoms with van der Waals surface area (Å²) in [5.41, 5.74) is 0.674. The number of rotatable bonds is 7. The molecule has 0 heterocycles. The molecule has 0 N–H and O–H groups in total. The first-order chi connectivity index (χ1) is 12.9. The second-order valence-corrected chi connectivity index (χ2v) is 8.18. The maximum absolute atomic E-state index is 13.1. The Morgan fingerprint density at radius 3 is 2.04 bits per heavy atom. The number of carbonyl (C=O) groups excluding carboxylic acids is 1. The quantitative estimate of drug-likeness (QED) is 0.730. The van der Waals surface area contributed by atoms with Gasteiger partial charge in [0.05, 0.1) is 13.2 Å². The molecule has 1 aromatic carbocycles. The lowest BCUT2D eigenvalue weighted by Crippen LogP contribution is -2.36. The number of fused-ring (bicyclic) bond motifs is 1. The summed E-state index contributed by atoms with van der Waals surface area (Å²) >= 11 is 0. The largest absolute Gasteiger partial charge is 0.490 e. The van der Waals surface area contributed by atoms with Crippen molar-refractivity contribution in [3.05, 3.63) is 23.8 Å². The molecule has 2 aliphatic carbocycles. The smallest absolute Gasteiger partial charge is 0.253 e. The van der Waals surface area contributed by atoms with E-state index in [4.69, 9.17) is 9.47 Å². The third kappa shape index (κ3) is 4.23. The minimum atomic E-state index is 0.0770. The Morgan fingerprint density at radius 2 is 1.48 bits per heavy atom. The van der Waals surface area contributed by atoms with Crippen molar-refractivity contribution in [1.29, 1.82) is 0 Å². The van der Waals surface area contributed by atoms with Crippen LogP contribution in [-0.2, 0) is 0 Å². The van der Waals surface area contributed by atoms with Crippen LogP contribution in [0.25, 0.3) is 0 Å². The van der Waals surface area contributed by atoms with Crippen molar-refractivity contribution < 1.29 is 14.3 Å². The van der Waals surface area contributed by atoms with Gasteiger partial charge in [-0.05, 0) is 83.7 Å². The zero-order valence-electron chi connectivity index (χ0n) is 17.4. The van der Waals surface area contributed by atoms with Crippen molar-refractivity contribution in [2.45, 2.75) is 51.6 Å². The second-order valence-electron chi connectivity index (χ2n) is 8.18. The van der Waals surface area contributed by atoms with E-state index in [0.29, 0.717) is 42.4 Å². The summed E-state index contributed by atoms with van der Waals surface area (Å²) in [5, 5.41) is 0. The number of hydrogen-bond acceptors (Lipinski definition) is 4. The van der Waals surface area contributed by atoms with E-state index in [-0.39, 0.29) is 5.91 Å². The first kappa shape index (κ1) is 20.0. The predicted molar refractivity (Wildman–Crippen MR) is 108 cm³/mol. The lowest BCUT2D eigenvalue weighted by Gasteiger charge is -2.27. The van der Waals surface area contributed by atoms with E-state index in [1.165, 1.54) is 12.8 Å². The van der Waals surface area contributed by atoms with Crippen molar-refractivity contribution in [1.82, 2.24) is 9.80 Å². The first-order valence-electron chi connectivity index (χ1n) is 10.3. The lowest BCUT2D eigenvalue weighted by molar-refractivity contribution is 0.0725. The molecule has 1 amide bonds. The summed E-state index contributed by atoms with van der Waals surface area (Å²) in [7, 11) is 6.32. The van der Waals surface area contributed by atoms with Crippen LogP contribution in [0.5, 0.6) is 11.5 Å². The Balaban J connectivity index is 1.67. The fourth-order valence-corrected chi connectivity index (χ4v) is 4.84. The molecular weight excluding hydrogens is 340 g/mol. The van der Waals surface area contributed by atoms with E-state index in [0.717, 1.165) is 24.7 Å². The molecule has 0 saturated heterocycles. The van der Waals surface area contributed by atoms with E-state index in [9.17, 15) is 4.79 Å². The van der Waals surface area contributed by atoms with E-state index < -0.39 is 0 Å². The molecule has 5 heteroatoms. The minimum absolute atomic E-state index is 0.0770. The van der Waals surface area contributed by atoms with Crippen molar-refractivity contribution in [2.24, 2.45) is 11.8 Å². The molecule has 2 unspecified atom stereocenters. The van der Waals surface area contributed by atoms with Crippen LogP contribution in [0.4, 0.5) is 0 Å². The number of benzene rings is 1. The Bertz CT molecular complexity index is 647. The highest BCUT2D eigenvalue weighted by Crippen LogP contribution is 2.46. The van der Waals surface area contributed by atoms with Crippen LogP contribution < -0.4 is 9.47 Å². The van der Waals surface area contributed by atoms with E-state index in [1.807, 2.05) is 44.0 Å². The van der Waals surface area contributed by atoms with Crippen molar-refractivity contribution in [2.75, 3.05) is 34.4 Å². The van der Waals surface area contributed by atoms with Gasteiger partial charge in [-0.25, -0.2) is 0 Å². The van der Waals surface area contributed by atoms with Crippen molar-refractivity contribution in [3.63, 3.8) is 0 Å². The van der Waals surface area contributed by atoms with Crippen LogP contribution in [-0.4, -0.2) is 62.1 Å². The van der Waals surface area contributed by atoms with Gasteiger partial charge in [0.1, 0.15) is 0 Å². The van der Waals surface area contributed by atoms with Gasteiger partial charge < -0.3 is 19.3 Å². The van der Waals surface area contributed by atoms with Gasteiger partial charge in [-0.1, -0.05) is 0 Å². The van der Waals surface area contributed by atoms with Crippen molar-refractivity contribution in [3.8, 4) is 11.5 Å². The molecule has 150 valence electrons. The molecule has 0 aromatic heterocycles. The lowest BCUT2D eigenvalue weighted by atomic mass is 10.0. The number of nitrogens with zero attached hydrogens (tertiary/aromatic N) is 2. The van der Waals surface area contributed by atoms with Gasteiger partial charge in [0.2, 0.25) is 0 Å². The Labute approximate surface area is 163 Å². The molecular formula is C22H34N2O3. The molecule has 0 bridgehead atoms. The number of carbonyl (C=O) groups is 1. The van der Waals surface area contributed by atoms with Crippen LogP contribution in [0.1, 0.15) is 49.9 Å². The molecule has 5 nitrogen and oxygen atoms in total. The molecule has 27 heavy (non-hydrogen) atoms. The molecule has 0 aliphatic heterocycles. The fourth-order valence-electron chi connectivity index (χ4n) is 4.84. The Hall–Kier alpha value is -1.75. The summed E-state index contributed by atoms with van der Waals surface area (Å²) in [6.45, 7) is 5.01. The van der Waals surface area contributed by atoms with Crippen LogP contribution in [0.15, 0.2) is 18.2 Å². The van der Waals surface area contributed by atoms with Crippen LogP contribution in [0.2, 0.25) is 0 Å². The number of hydrogen-bond donors (Lipinski definition) is 0. The zero-order valence-corrected chi connectivity index (χ0v) is 17.4. The van der Waals surface area contributed by atoms with Gasteiger partial charge in [0.25, 0.3) is 5.91 Å². The van der Waals surface area contributed by atoms with Gasteiger partial charge in [-0.3, -0.25) is 4.79 Å². The molecule has 2 saturated carbocycles. The normalized spacial score (nSPS) is 26.9. The van der Waals surface area contributed by atoms with E-state index in [1.54, 1.807) is 0 Å². The van der Waals surface area contributed by atoms with Gasteiger partial charge >= 0.3 is 0 Å². The molecule has 2 aliphatic rings. The highest BCUT2D eigenvalue weighted by molar-refractivity contribution is 5.95. The average molecular weight is 375 g/mol. The highest BCUT2D eigenvalue weighted by atomic mass is 16.5. The molecule has 3 rings (SSSR count). The molecule has 2 fully saturated rings. The fraction of sp³-hybridized carbons (Fsp3) is 0.682. The van der Waals surface area contributed by atoms with Crippen LogP contribution in [0, 0.1) is 11.8 Å². The zero-order chi connectivity index (χ0) is 19.6.